The molecule has 2 amide bonds. The van der Waals surface area contributed by atoms with Crippen molar-refractivity contribution in [1.82, 2.24) is 15.2 Å². The van der Waals surface area contributed by atoms with Gasteiger partial charge in [-0.1, -0.05) is 20.8 Å². The lowest BCUT2D eigenvalue weighted by molar-refractivity contribution is -0.139. The second-order valence-corrected chi connectivity index (χ2v) is 8.85. The summed E-state index contributed by atoms with van der Waals surface area (Å²) < 4.78 is 14.1. The van der Waals surface area contributed by atoms with Gasteiger partial charge in [0, 0.05) is 48.1 Å². The van der Waals surface area contributed by atoms with Crippen molar-refractivity contribution in [2.75, 3.05) is 31.1 Å². The van der Waals surface area contributed by atoms with Crippen LogP contribution in [0.2, 0.25) is 0 Å². The number of aromatic nitrogens is 1. The Bertz CT molecular complexity index is 978. The number of carbonyl (C=O) groups excluding carboxylic acids is 1. The number of nitrogens with one attached hydrogen (secondary N) is 1. The van der Waals surface area contributed by atoms with Crippen molar-refractivity contribution in [1.29, 1.82) is 0 Å². The van der Waals surface area contributed by atoms with E-state index in [-0.39, 0.29) is 11.7 Å². The normalized spacial score (nSPS) is 15.9. The molecule has 162 valence electrons. The average Bonchev–Trinajstić information content (AvgIpc) is 2.68. The third-order valence-corrected chi connectivity index (χ3v) is 5.50. The smallest absolute Gasteiger partial charge is 0.405 e. The molecule has 3 rings (SSSR count). The summed E-state index contributed by atoms with van der Waals surface area (Å²) in [5.74, 6) is 0.402. The maximum absolute atomic E-state index is 14.1. The summed E-state index contributed by atoms with van der Waals surface area (Å²) >= 11 is 0. The number of hydrogen-bond donors (Lipinski definition) is 2. The van der Waals surface area contributed by atoms with Crippen LogP contribution in [0.3, 0.4) is 0 Å². The van der Waals surface area contributed by atoms with E-state index >= 15 is 0 Å². The lowest BCUT2D eigenvalue weighted by atomic mass is 9.94. The quantitative estimate of drug-likeness (QED) is 0.797. The fourth-order valence-electron chi connectivity index (χ4n) is 3.79. The Morgan fingerprint density at radius 3 is 2.40 bits per heavy atom. The second-order valence-electron chi connectivity index (χ2n) is 8.85. The summed E-state index contributed by atoms with van der Waals surface area (Å²) in [5.41, 5.74) is 1.31. The number of amides is 2. The Morgan fingerprint density at radius 1 is 1.20 bits per heavy atom. The number of carbonyl (C=O) groups is 2. The Hall–Kier alpha value is -2.90. The number of hydrogen-bond acceptors (Lipinski definition) is 4. The van der Waals surface area contributed by atoms with Crippen LogP contribution in [0.5, 0.6) is 0 Å². The van der Waals surface area contributed by atoms with Crippen LogP contribution in [0.15, 0.2) is 18.2 Å². The first kappa shape index (κ1) is 21.8. The van der Waals surface area contributed by atoms with Crippen LogP contribution in [0, 0.1) is 18.2 Å². The van der Waals surface area contributed by atoms with Crippen molar-refractivity contribution in [2.45, 2.75) is 40.7 Å². The predicted octanol–water partition coefficient (Wildman–Crippen LogP) is 3.71. The summed E-state index contributed by atoms with van der Waals surface area (Å²) in [6, 6.07) is 4.44. The summed E-state index contributed by atoms with van der Waals surface area (Å²) in [5, 5.41) is 12.4. The standard InChI is InChI=1S/C22H29FN4O3/c1-13-17(23)7-6-15-12-16(14(2)24-21(29)30)19(25-18(13)15)26-8-10-27(11-9-26)20(28)22(3,4)5/h6-7,12,14,24H,8-11H2,1-5H3,(H,29,30). The van der Waals surface area contributed by atoms with Gasteiger partial charge in [-0.15, -0.1) is 0 Å². The zero-order valence-corrected chi connectivity index (χ0v) is 18.1. The molecule has 2 N–H and O–H groups in total. The molecule has 1 fully saturated rings. The fourth-order valence-corrected chi connectivity index (χ4v) is 3.79. The highest BCUT2D eigenvalue weighted by atomic mass is 19.1. The zero-order chi connectivity index (χ0) is 22.2. The minimum Gasteiger partial charge on any atom is -0.465 e. The minimum atomic E-state index is -1.12. The zero-order valence-electron chi connectivity index (χ0n) is 18.1. The first-order valence-corrected chi connectivity index (χ1v) is 10.1. The van der Waals surface area contributed by atoms with Crippen molar-refractivity contribution >= 4 is 28.7 Å². The molecule has 1 aromatic carbocycles. The van der Waals surface area contributed by atoms with Crippen molar-refractivity contribution in [2.24, 2.45) is 5.41 Å². The van der Waals surface area contributed by atoms with Gasteiger partial charge in [-0.3, -0.25) is 4.79 Å². The van der Waals surface area contributed by atoms with Gasteiger partial charge in [0.05, 0.1) is 11.6 Å². The van der Waals surface area contributed by atoms with Crippen molar-refractivity contribution in [3.8, 4) is 0 Å². The molecule has 1 aliphatic rings. The van der Waals surface area contributed by atoms with Gasteiger partial charge in [-0.05, 0) is 32.0 Å². The summed E-state index contributed by atoms with van der Waals surface area (Å²) in [6.45, 7) is 11.4. The first-order valence-electron chi connectivity index (χ1n) is 10.1. The molecular formula is C22H29FN4O3. The molecule has 30 heavy (non-hydrogen) atoms. The van der Waals surface area contributed by atoms with Gasteiger partial charge in [0.15, 0.2) is 0 Å². The topological polar surface area (TPSA) is 85.8 Å². The molecule has 0 aliphatic carbocycles. The molecule has 1 unspecified atom stereocenters. The second kappa shape index (κ2) is 8.08. The SMILES string of the molecule is Cc1c(F)ccc2cc(C(C)NC(=O)O)c(N3CCN(C(=O)C(C)(C)C)CC3)nc12. The van der Waals surface area contributed by atoms with Crippen LogP contribution in [-0.4, -0.2) is 53.2 Å². The largest absolute Gasteiger partial charge is 0.465 e. The van der Waals surface area contributed by atoms with Crippen LogP contribution in [-0.2, 0) is 4.79 Å². The van der Waals surface area contributed by atoms with Gasteiger partial charge in [-0.25, -0.2) is 14.2 Å². The van der Waals surface area contributed by atoms with Crippen molar-refractivity contribution in [3.63, 3.8) is 0 Å². The maximum Gasteiger partial charge on any atom is 0.405 e. The molecule has 1 aromatic heterocycles. The molecule has 0 radical (unpaired) electrons. The van der Waals surface area contributed by atoms with E-state index < -0.39 is 17.6 Å². The lowest BCUT2D eigenvalue weighted by Gasteiger charge is -2.39. The van der Waals surface area contributed by atoms with Crippen LogP contribution in [0.4, 0.5) is 15.0 Å². The molecule has 8 heteroatoms. The van der Waals surface area contributed by atoms with Gasteiger partial charge >= 0.3 is 6.09 Å². The van der Waals surface area contributed by atoms with E-state index in [1.54, 1.807) is 19.9 Å². The number of fused-ring (bicyclic) bond motifs is 1. The highest BCUT2D eigenvalue weighted by Gasteiger charge is 2.31. The van der Waals surface area contributed by atoms with Crippen LogP contribution in [0.1, 0.15) is 44.9 Å². The number of pyridine rings is 1. The molecule has 0 saturated carbocycles. The lowest BCUT2D eigenvalue weighted by Crippen LogP contribution is -2.52. The Morgan fingerprint density at radius 2 is 1.83 bits per heavy atom. The maximum atomic E-state index is 14.1. The van der Waals surface area contributed by atoms with Gasteiger partial charge in [0.25, 0.3) is 0 Å². The molecule has 1 aliphatic heterocycles. The van der Waals surface area contributed by atoms with Crippen LogP contribution >= 0.6 is 0 Å². The molecular weight excluding hydrogens is 387 g/mol. The number of rotatable bonds is 3. The third-order valence-electron chi connectivity index (χ3n) is 5.50. The predicted molar refractivity (Wildman–Crippen MR) is 114 cm³/mol. The number of nitrogens with zero attached hydrogens (tertiary/aromatic N) is 3. The van der Waals surface area contributed by atoms with E-state index in [4.69, 9.17) is 4.98 Å². The Balaban J connectivity index is 1.98. The number of piperazine rings is 1. The van der Waals surface area contributed by atoms with E-state index in [9.17, 15) is 19.1 Å². The van der Waals surface area contributed by atoms with E-state index in [1.165, 1.54) is 6.07 Å². The third kappa shape index (κ3) is 4.32. The van der Waals surface area contributed by atoms with Gasteiger partial charge in [0.1, 0.15) is 11.6 Å². The Labute approximate surface area is 175 Å². The molecule has 7 nitrogen and oxygen atoms in total. The average molecular weight is 416 g/mol. The summed E-state index contributed by atoms with van der Waals surface area (Å²) in [7, 11) is 0. The number of halogens is 1. The number of carboxylic acid groups (broad SMARTS) is 1. The Kier molecular flexibility index (Phi) is 5.87. The molecule has 2 heterocycles. The highest BCUT2D eigenvalue weighted by Crippen LogP contribution is 2.31. The molecule has 0 spiro atoms. The van der Waals surface area contributed by atoms with E-state index in [0.29, 0.717) is 43.1 Å². The highest BCUT2D eigenvalue weighted by molar-refractivity contribution is 5.85. The monoisotopic (exact) mass is 416 g/mol. The van der Waals surface area contributed by atoms with E-state index in [0.717, 1.165) is 10.9 Å². The van der Waals surface area contributed by atoms with Gasteiger partial charge < -0.3 is 20.2 Å². The van der Waals surface area contributed by atoms with Gasteiger partial charge in [0.2, 0.25) is 5.91 Å². The molecule has 1 saturated heterocycles. The number of aryl methyl sites for hydroxylation is 1. The minimum absolute atomic E-state index is 0.104. The summed E-state index contributed by atoms with van der Waals surface area (Å²) in [4.78, 5) is 32.4. The van der Waals surface area contributed by atoms with Gasteiger partial charge in [-0.2, -0.15) is 0 Å². The van der Waals surface area contributed by atoms with Crippen LogP contribution < -0.4 is 10.2 Å². The van der Waals surface area contributed by atoms with Crippen LogP contribution in [0.25, 0.3) is 10.9 Å². The molecule has 2 aromatic rings. The fraction of sp³-hybridized carbons (Fsp3) is 0.500. The summed E-state index contributed by atoms with van der Waals surface area (Å²) in [6.07, 6.45) is -1.12. The number of anilines is 1. The molecule has 0 bridgehead atoms. The van der Waals surface area contributed by atoms with Crippen molar-refractivity contribution < 1.29 is 19.1 Å². The van der Waals surface area contributed by atoms with E-state index in [2.05, 4.69) is 5.32 Å². The molecule has 1 atom stereocenters. The number of benzene rings is 1. The van der Waals surface area contributed by atoms with Crippen molar-refractivity contribution in [3.05, 3.63) is 35.1 Å². The first-order chi connectivity index (χ1) is 14.0. The van der Waals surface area contributed by atoms with E-state index in [1.807, 2.05) is 36.6 Å².